The number of amides is 2. The second-order valence-electron chi connectivity index (χ2n) is 8.28. The molecule has 1 aliphatic heterocycles. The zero-order valence-corrected chi connectivity index (χ0v) is 22.4. The second kappa shape index (κ2) is 11.8. The Morgan fingerprint density at radius 1 is 0.795 bits per heavy atom. The summed E-state index contributed by atoms with van der Waals surface area (Å²) >= 11 is 0. The van der Waals surface area contributed by atoms with E-state index in [1.165, 1.54) is 59.9 Å². The van der Waals surface area contributed by atoms with Crippen molar-refractivity contribution in [1.29, 1.82) is 0 Å². The van der Waals surface area contributed by atoms with Gasteiger partial charge in [-0.2, -0.15) is 4.31 Å². The summed E-state index contributed by atoms with van der Waals surface area (Å²) < 4.78 is 65.3. The lowest BCUT2D eigenvalue weighted by molar-refractivity contribution is 0.0730. The summed E-state index contributed by atoms with van der Waals surface area (Å²) in [4.78, 5) is 25.0. The second-order valence-corrected chi connectivity index (χ2v) is 11.9. The Kier molecular flexibility index (Phi) is 8.50. The van der Waals surface area contributed by atoms with Crippen LogP contribution in [-0.4, -0.2) is 66.4 Å². The highest BCUT2D eigenvalue weighted by molar-refractivity contribution is 7.92. The maximum Gasteiger partial charge on any atom is 0.269 e. The molecule has 0 aliphatic carbocycles. The first-order chi connectivity index (χ1) is 18.6. The SMILES string of the molecule is COc1ccccc1NS(=O)(=O)c1ccc(C(=O)NNC(=O)c2cccc(S(=O)(=O)N3CCOCC3)c2)cc1. The quantitative estimate of drug-likeness (QED) is 0.342. The molecule has 39 heavy (non-hydrogen) atoms. The minimum Gasteiger partial charge on any atom is -0.495 e. The van der Waals surface area contributed by atoms with Crippen LogP contribution in [0.25, 0.3) is 0 Å². The molecule has 0 saturated carbocycles. The molecule has 2 amide bonds. The van der Waals surface area contributed by atoms with E-state index in [4.69, 9.17) is 9.47 Å². The van der Waals surface area contributed by atoms with Crippen LogP contribution in [0.2, 0.25) is 0 Å². The van der Waals surface area contributed by atoms with Crippen LogP contribution in [0, 0.1) is 0 Å². The van der Waals surface area contributed by atoms with Gasteiger partial charge in [-0.15, -0.1) is 0 Å². The molecule has 0 atom stereocenters. The number of ether oxygens (including phenoxy) is 2. The summed E-state index contributed by atoms with van der Waals surface area (Å²) in [7, 11) is -6.35. The van der Waals surface area contributed by atoms with E-state index < -0.39 is 31.9 Å². The Morgan fingerprint density at radius 2 is 1.44 bits per heavy atom. The van der Waals surface area contributed by atoms with Gasteiger partial charge in [-0.1, -0.05) is 18.2 Å². The van der Waals surface area contributed by atoms with Crippen molar-refractivity contribution in [1.82, 2.24) is 15.2 Å². The molecule has 0 unspecified atom stereocenters. The van der Waals surface area contributed by atoms with E-state index in [0.29, 0.717) is 5.75 Å². The number of morpholine rings is 1. The zero-order chi connectivity index (χ0) is 28.0. The Hall–Kier alpha value is -3.98. The Bertz CT molecular complexity index is 1570. The van der Waals surface area contributed by atoms with Crippen molar-refractivity contribution >= 4 is 37.5 Å². The fourth-order valence-corrected chi connectivity index (χ4v) is 6.23. The van der Waals surface area contributed by atoms with E-state index in [1.807, 2.05) is 0 Å². The third-order valence-electron chi connectivity index (χ3n) is 5.77. The van der Waals surface area contributed by atoms with E-state index >= 15 is 0 Å². The number of sulfonamides is 2. The Labute approximate surface area is 226 Å². The van der Waals surface area contributed by atoms with Crippen molar-refractivity contribution in [3.8, 4) is 5.75 Å². The van der Waals surface area contributed by atoms with Crippen molar-refractivity contribution in [3.05, 3.63) is 83.9 Å². The van der Waals surface area contributed by atoms with Gasteiger partial charge in [0.25, 0.3) is 21.8 Å². The third-order valence-corrected chi connectivity index (χ3v) is 9.05. The molecule has 1 heterocycles. The van der Waals surface area contributed by atoms with Gasteiger partial charge < -0.3 is 9.47 Å². The molecule has 3 aromatic carbocycles. The molecule has 3 N–H and O–H groups in total. The number of hydrogen-bond donors (Lipinski definition) is 3. The Morgan fingerprint density at radius 3 is 2.10 bits per heavy atom. The van der Waals surface area contributed by atoms with Crippen LogP contribution in [0.15, 0.2) is 82.6 Å². The van der Waals surface area contributed by atoms with Crippen LogP contribution >= 0.6 is 0 Å². The van der Waals surface area contributed by atoms with E-state index in [-0.39, 0.29) is 52.9 Å². The summed E-state index contributed by atoms with van der Waals surface area (Å²) in [6, 6.07) is 17.0. The summed E-state index contributed by atoms with van der Waals surface area (Å²) in [6.07, 6.45) is 0. The van der Waals surface area contributed by atoms with E-state index in [9.17, 15) is 26.4 Å². The van der Waals surface area contributed by atoms with Gasteiger partial charge in [-0.3, -0.25) is 25.2 Å². The largest absolute Gasteiger partial charge is 0.495 e. The summed E-state index contributed by atoms with van der Waals surface area (Å²) in [5, 5.41) is 0. The van der Waals surface area contributed by atoms with Gasteiger partial charge in [0.05, 0.1) is 35.8 Å². The zero-order valence-electron chi connectivity index (χ0n) is 20.8. The molecule has 12 nitrogen and oxygen atoms in total. The molecular weight excluding hydrogens is 548 g/mol. The average Bonchev–Trinajstić information content (AvgIpc) is 2.96. The number of nitrogens with zero attached hydrogens (tertiary/aromatic N) is 1. The fourth-order valence-electron chi connectivity index (χ4n) is 3.71. The molecule has 1 aliphatic rings. The maximum atomic E-state index is 12.9. The fraction of sp³-hybridized carbons (Fsp3) is 0.200. The van der Waals surface area contributed by atoms with Crippen molar-refractivity contribution in [2.75, 3.05) is 38.1 Å². The van der Waals surface area contributed by atoms with Gasteiger partial charge in [-0.05, 0) is 54.6 Å². The topological polar surface area (TPSA) is 160 Å². The molecule has 0 radical (unpaired) electrons. The van der Waals surface area contributed by atoms with Crippen LogP contribution < -0.4 is 20.3 Å². The van der Waals surface area contributed by atoms with Gasteiger partial charge in [0.1, 0.15) is 5.75 Å². The number of para-hydroxylation sites is 2. The lowest BCUT2D eigenvalue weighted by Crippen LogP contribution is -2.42. The lowest BCUT2D eigenvalue weighted by atomic mass is 10.2. The molecule has 3 aromatic rings. The lowest BCUT2D eigenvalue weighted by Gasteiger charge is -2.26. The van der Waals surface area contributed by atoms with E-state index in [0.717, 1.165) is 0 Å². The van der Waals surface area contributed by atoms with E-state index in [2.05, 4.69) is 15.6 Å². The van der Waals surface area contributed by atoms with Gasteiger partial charge >= 0.3 is 0 Å². The normalized spacial score (nSPS) is 14.3. The third kappa shape index (κ3) is 6.54. The number of hydrazine groups is 1. The highest BCUT2D eigenvalue weighted by Gasteiger charge is 2.27. The predicted molar refractivity (Wildman–Crippen MR) is 141 cm³/mol. The first-order valence-electron chi connectivity index (χ1n) is 11.7. The smallest absolute Gasteiger partial charge is 0.269 e. The van der Waals surface area contributed by atoms with Crippen LogP contribution in [0.4, 0.5) is 5.69 Å². The minimum absolute atomic E-state index is 0.0218. The number of hydrogen-bond acceptors (Lipinski definition) is 8. The van der Waals surface area contributed by atoms with Crippen LogP contribution in [-0.2, 0) is 24.8 Å². The van der Waals surface area contributed by atoms with Gasteiger partial charge in [0.15, 0.2) is 0 Å². The van der Waals surface area contributed by atoms with Crippen LogP contribution in [0.5, 0.6) is 5.75 Å². The number of rotatable bonds is 8. The highest BCUT2D eigenvalue weighted by atomic mass is 32.2. The number of anilines is 1. The molecule has 0 spiro atoms. The predicted octanol–water partition coefficient (Wildman–Crippen LogP) is 1.59. The monoisotopic (exact) mass is 574 g/mol. The van der Waals surface area contributed by atoms with Gasteiger partial charge in [0, 0.05) is 24.2 Å². The number of benzene rings is 3. The van der Waals surface area contributed by atoms with Gasteiger partial charge in [-0.25, -0.2) is 16.8 Å². The maximum absolute atomic E-state index is 12.9. The van der Waals surface area contributed by atoms with E-state index in [1.54, 1.807) is 24.3 Å². The number of carbonyl (C=O) groups is 2. The number of methoxy groups -OCH3 is 1. The average molecular weight is 575 g/mol. The standard InChI is InChI=1S/C25H26N4O8S2/c1-36-23-8-3-2-7-22(23)28-38(32,33)20-11-9-18(10-12-20)24(30)26-27-25(31)19-5-4-6-21(17-19)39(34,35)29-13-15-37-16-14-29/h2-12,17,28H,13-16H2,1H3,(H,26,30)(H,27,31). The molecule has 14 heteroatoms. The highest BCUT2D eigenvalue weighted by Crippen LogP contribution is 2.26. The molecule has 0 aromatic heterocycles. The Balaban J connectivity index is 1.39. The van der Waals surface area contributed by atoms with Crippen molar-refractivity contribution < 1.29 is 35.9 Å². The first kappa shape index (κ1) is 28.0. The molecule has 1 saturated heterocycles. The molecule has 0 bridgehead atoms. The van der Waals surface area contributed by atoms with Crippen LogP contribution in [0.1, 0.15) is 20.7 Å². The summed E-state index contributed by atoms with van der Waals surface area (Å²) in [5.74, 6) is -1.10. The molecule has 206 valence electrons. The van der Waals surface area contributed by atoms with Crippen molar-refractivity contribution in [2.45, 2.75) is 9.79 Å². The summed E-state index contributed by atoms with van der Waals surface area (Å²) in [6.45, 7) is 1.00. The number of nitrogens with one attached hydrogen (secondary N) is 3. The first-order valence-corrected chi connectivity index (χ1v) is 14.6. The molecular formula is C25H26N4O8S2. The van der Waals surface area contributed by atoms with Crippen molar-refractivity contribution in [2.24, 2.45) is 0 Å². The minimum atomic E-state index is -3.97. The number of carbonyl (C=O) groups excluding carboxylic acids is 2. The molecule has 4 rings (SSSR count). The van der Waals surface area contributed by atoms with Gasteiger partial charge in [0.2, 0.25) is 10.0 Å². The molecule has 1 fully saturated rings. The summed E-state index contributed by atoms with van der Waals surface area (Å²) in [5.41, 5.74) is 4.83. The van der Waals surface area contributed by atoms with Crippen molar-refractivity contribution in [3.63, 3.8) is 0 Å². The van der Waals surface area contributed by atoms with Crippen LogP contribution in [0.3, 0.4) is 0 Å².